The van der Waals surface area contributed by atoms with E-state index < -0.39 is 0 Å². The van der Waals surface area contributed by atoms with Gasteiger partial charge in [0.25, 0.3) is 0 Å². The van der Waals surface area contributed by atoms with E-state index >= 15 is 0 Å². The number of rotatable bonds is 9. The second-order valence-corrected chi connectivity index (χ2v) is 7.09. The van der Waals surface area contributed by atoms with Gasteiger partial charge in [-0.25, -0.2) is 0 Å². The van der Waals surface area contributed by atoms with Crippen molar-refractivity contribution in [3.05, 3.63) is 53.9 Å². The molecule has 0 aliphatic carbocycles. The number of likely N-dealkylation sites (tertiary alicyclic amines) is 1. The van der Waals surface area contributed by atoms with Gasteiger partial charge in [0.1, 0.15) is 11.5 Å². The zero-order chi connectivity index (χ0) is 19.1. The van der Waals surface area contributed by atoms with E-state index in [1.54, 1.807) is 14.2 Å². The van der Waals surface area contributed by atoms with E-state index in [9.17, 15) is 0 Å². The van der Waals surface area contributed by atoms with Gasteiger partial charge in [-0.15, -0.1) is 12.4 Å². The molecule has 0 amide bonds. The van der Waals surface area contributed by atoms with Gasteiger partial charge in [0, 0.05) is 38.1 Å². The fraction of sp³-hybridized carbons (Fsp3) is 0.500. The van der Waals surface area contributed by atoms with Gasteiger partial charge in [0.15, 0.2) is 0 Å². The number of methoxy groups -OCH3 is 2. The first-order valence-electron chi connectivity index (χ1n) is 9.80. The summed E-state index contributed by atoms with van der Waals surface area (Å²) in [6.45, 7) is 7.31. The lowest BCUT2D eigenvalue weighted by Crippen LogP contribution is -2.39. The predicted octanol–water partition coefficient (Wildman–Crippen LogP) is 4.01. The number of pyridine rings is 1. The largest absolute Gasteiger partial charge is 0.496 e. The first-order valence-corrected chi connectivity index (χ1v) is 9.80. The van der Waals surface area contributed by atoms with Crippen molar-refractivity contribution in [2.24, 2.45) is 0 Å². The third kappa shape index (κ3) is 5.60. The third-order valence-corrected chi connectivity index (χ3v) is 5.44. The van der Waals surface area contributed by atoms with Crippen LogP contribution < -0.4 is 9.47 Å². The standard InChI is InChI=1S/C22H31N3O2.ClH/c1-4-25-14-6-7-19(25)16-24(15-18-10-12-23-13-11-18)17-20-21(26-2)8-5-9-22(20)27-3;/h5,8-13,19H,4,6-7,14-17H2,1-3H3;1H. The summed E-state index contributed by atoms with van der Waals surface area (Å²) in [5.41, 5.74) is 2.39. The molecular formula is C22H32ClN3O2. The second-order valence-electron chi connectivity index (χ2n) is 7.09. The normalized spacial score (nSPS) is 16.8. The molecule has 1 fully saturated rings. The van der Waals surface area contributed by atoms with E-state index in [-0.39, 0.29) is 12.4 Å². The van der Waals surface area contributed by atoms with Crippen molar-refractivity contribution in [1.82, 2.24) is 14.8 Å². The van der Waals surface area contributed by atoms with E-state index in [1.807, 2.05) is 30.6 Å². The zero-order valence-electron chi connectivity index (χ0n) is 17.1. The molecule has 0 bridgehead atoms. The first-order chi connectivity index (χ1) is 13.2. The summed E-state index contributed by atoms with van der Waals surface area (Å²) in [7, 11) is 3.45. The van der Waals surface area contributed by atoms with Crippen LogP contribution >= 0.6 is 12.4 Å². The van der Waals surface area contributed by atoms with E-state index in [0.717, 1.165) is 43.2 Å². The molecule has 1 aromatic carbocycles. The van der Waals surface area contributed by atoms with Crippen LogP contribution in [0.1, 0.15) is 30.9 Å². The molecule has 28 heavy (non-hydrogen) atoms. The van der Waals surface area contributed by atoms with Crippen LogP contribution in [0.25, 0.3) is 0 Å². The lowest BCUT2D eigenvalue weighted by atomic mass is 10.1. The molecule has 1 aliphatic heterocycles. The Kier molecular flexibility index (Phi) is 9.03. The Morgan fingerprint density at radius 1 is 1.07 bits per heavy atom. The summed E-state index contributed by atoms with van der Waals surface area (Å²) < 4.78 is 11.2. The van der Waals surface area contributed by atoms with Crippen LogP contribution in [0.3, 0.4) is 0 Å². The Bertz CT molecular complexity index is 692. The Morgan fingerprint density at radius 2 is 1.75 bits per heavy atom. The van der Waals surface area contributed by atoms with Gasteiger partial charge in [-0.1, -0.05) is 13.0 Å². The average Bonchev–Trinajstić information content (AvgIpc) is 3.16. The Balaban J connectivity index is 0.00000280. The molecule has 0 radical (unpaired) electrons. The number of hydrogen-bond acceptors (Lipinski definition) is 5. The highest BCUT2D eigenvalue weighted by molar-refractivity contribution is 5.85. The summed E-state index contributed by atoms with van der Waals surface area (Å²) in [5.74, 6) is 1.76. The Morgan fingerprint density at radius 3 is 2.36 bits per heavy atom. The maximum Gasteiger partial charge on any atom is 0.127 e. The molecule has 5 nitrogen and oxygen atoms in total. The number of hydrogen-bond donors (Lipinski definition) is 0. The number of aromatic nitrogens is 1. The molecule has 1 aromatic heterocycles. The maximum atomic E-state index is 5.62. The average molecular weight is 406 g/mol. The maximum absolute atomic E-state index is 5.62. The zero-order valence-corrected chi connectivity index (χ0v) is 18.0. The van der Waals surface area contributed by atoms with Crippen LogP contribution in [0.5, 0.6) is 11.5 Å². The fourth-order valence-corrected chi connectivity index (χ4v) is 4.06. The van der Waals surface area contributed by atoms with Crippen molar-refractivity contribution >= 4 is 12.4 Å². The smallest absolute Gasteiger partial charge is 0.127 e. The second kappa shape index (κ2) is 11.2. The minimum atomic E-state index is 0. The van der Waals surface area contributed by atoms with Gasteiger partial charge in [0.05, 0.1) is 19.8 Å². The van der Waals surface area contributed by atoms with E-state index in [0.29, 0.717) is 6.04 Å². The van der Waals surface area contributed by atoms with Crippen molar-refractivity contribution in [2.75, 3.05) is 33.9 Å². The van der Waals surface area contributed by atoms with Gasteiger partial charge in [0.2, 0.25) is 0 Å². The molecular weight excluding hydrogens is 374 g/mol. The number of nitrogens with zero attached hydrogens (tertiary/aromatic N) is 3. The van der Waals surface area contributed by atoms with Gasteiger partial charge >= 0.3 is 0 Å². The van der Waals surface area contributed by atoms with Gasteiger partial charge < -0.3 is 9.47 Å². The first kappa shape index (κ1) is 22.5. The topological polar surface area (TPSA) is 37.8 Å². The summed E-state index contributed by atoms with van der Waals surface area (Å²) in [6, 6.07) is 10.8. The van der Waals surface area contributed by atoms with Crippen LogP contribution in [0.4, 0.5) is 0 Å². The van der Waals surface area contributed by atoms with Crippen LogP contribution in [-0.2, 0) is 13.1 Å². The SMILES string of the molecule is CCN1CCCC1CN(Cc1ccncc1)Cc1c(OC)cccc1OC.Cl. The summed E-state index contributed by atoms with van der Waals surface area (Å²) in [5, 5.41) is 0. The van der Waals surface area contributed by atoms with E-state index in [1.165, 1.54) is 24.9 Å². The molecule has 0 N–H and O–H groups in total. The minimum Gasteiger partial charge on any atom is -0.496 e. The number of benzene rings is 1. The van der Waals surface area contributed by atoms with Gasteiger partial charge in [-0.3, -0.25) is 14.8 Å². The molecule has 2 heterocycles. The Hall–Kier alpha value is -1.82. The van der Waals surface area contributed by atoms with Crippen molar-refractivity contribution < 1.29 is 9.47 Å². The molecule has 1 atom stereocenters. The van der Waals surface area contributed by atoms with Gasteiger partial charge in [-0.05, 0) is 55.8 Å². The predicted molar refractivity (Wildman–Crippen MR) is 115 cm³/mol. The summed E-state index contributed by atoms with van der Waals surface area (Å²) in [4.78, 5) is 9.26. The third-order valence-electron chi connectivity index (χ3n) is 5.44. The lowest BCUT2D eigenvalue weighted by Gasteiger charge is -2.31. The molecule has 0 saturated carbocycles. The van der Waals surface area contributed by atoms with E-state index in [4.69, 9.17) is 9.47 Å². The lowest BCUT2D eigenvalue weighted by molar-refractivity contribution is 0.163. The molecule has 2 aromatic rings. The Labute approximate surface area is 175 Å². The molecule has 1 unspecified atom stereocenters. The summed E-state index contributed by atoms with van der Waals surface area (Å²) >= 11 is 0. The number of likely N-dealkylation sites (N-methyl/N-ethyl adjacent to an activating group) is 1. The van der Waals surface area contributed by atoms with Crippen LogP contribution in [-0.4, -0.2) is 54.7 Å². The highest BCUT2D eigenvalue weighted by Gasteiger charge is 2.26. The molecule has 3 rings (SSSR count). The quantitative estimate of drug-likeness (QED) is 0.630. The highest BCUT2D eigenvalue weighted by Crippen LogP contribution is 2.30. The molecule has 6 heteroatoms. The highest BCUT2D eigenvalue weighted by atomic mass is 35.5. The van der Waals surface area contributed by atoms with Crippen LogP contribution in [0, 0.1) is 0 Å². The number of ether oxygens (including phenoxy) is 2. The molecule has 1 saturated heterocycles. The van der Waals surface area contributed by atoms with Crippen molar-refractivity contribution in [3.63, 3.8) is 0 Å². The molecule has 1 aliphatic rings. The molecule has 154 valence electrons. The monoisotopic (exact) mass is 405 g/mol. The number of halogens is 1. The van der Waals surface area contributed by atoms with E-state index in [2.05, 4.69) is 33.8 Å². The van der Waals surface area contributed by atoms with Crippen LogP contribution in [0.2, 0.25) is 0 Å². The van der Waals surface area contributed by atoms with Gasteiger partial charge in [-0.2, -0.15) is 0 Å². The summed E-state index contributed by atoms with van der Waals surface area (Å²) in [6.07, 6.45) is 6.29. The van der Waals surface area contributed by atoms with Crippen LogP contribution in [0.15, 0.2) is 42.7 Å². The van der Waals surface area contributed by atoms with Crippen molar-refractivity contribution in [3.8, 4) is 11.5 Å². The molecule has 0 spiro atoms. The van der Waals surface area contributed by atoms with Crippen molar-refractivity contribution in [1.29, 1.82) is 0 Å². The minimum absolute atomic E-state index is 0. The van der Waals surface area contributed by atoms with Crippen molar-refractivity contribution in [2.45, 2.75) is 38.9 Å². The fourth-order valence-electron chi connectivity index (χ4n) is 4.06.